The lowest BCUT2D eigenvalue weighted by atomic mass is 10.2. The molecule has 1 aromatic carbocycles. The van der Waals surface area contributed by atoms with Crippen LogP contribution in [0.15, 0.2) is 22.7 Å². The van der Waals surface area contributed by atoms with E-state index in [-0.39, 0.29) is 29.7 Å². The second kappa shape index (κ2) is 6.25. The predicted molar refractivity (Wildman–Crippen MR) is 72.7 cm³/mol. The van der Waals surface area contributed by atoms with E-state index in [4.69, 9.17) is 14.0 Å². The summed E-state index contributed by atoms with van der Waals surface area (Å²) < 4.78 is 15.7. The Kier molecular flexibility index (Phi) is 4.42. The SMILES string of the molecule is COc1cccc(C(=O)O)c1OCc1nc(C(C)C)no1. The van der Waals surface area contributed by atoms with E-state index in [1.807, 2.05) is 13.8 Å². The lowest BCUT2D eigenvalue weighted by Crippen LogP contribution is -2.05. The molecule has 0 amide bonds. The number of hydrogen-bond acceptors (Lipinski definition) is 6. The summed E-state index contributed by atoms with van der Waals surface area (Å²) in [7, 11) is 1.44. The van der Waals surface area contributed by atoms with Crippen molar-refractivity contribution in [2.24, 2.45) is 0 Å². The van der Waals surface area contributed by atoms with Gasteiger partial charge in [0.2, 0.25) is 0 Å². The molecular weight excluding hydrogens is 276 g/mol. The first-order valence-electron chi connectivity index (χ1n) is 6.38. The first-order valence-corrected chi connectivity index (χ1v) is 6.38. The van der Waals surface area contributed by atoms with E-state index < -0.39 is 5.97 Å². The number of methoxy groups -OCH3 is 1. The molecule has 0 aliphatic carbocycles. The molecule has 1 N–H and O–H groups in total. The van der Waals surface area contributed by atoms with E-state index in [9.17, 15) is 9.90 Å². The molecule has 0 unspecified atom stereocenters. The molecule has 112 valence electrons. The highest BCUT2D eigenvalue weighted by Gasteiger charge is 2.18. The van der Waals surface area contributed by atoms with Crippen LogP contribution in [0.3, 0.4) is 0 Å². The summed E-state index contributed by atoms with van der Waals surface area (Å²) in [6.45, 7) is 3.86. The second-order valence-electron chi connectivity index (χ2n) is 4.63. The summed E-state index contributed by atoms with van der Waals surface area (Å²) in [6, 6.07) is 4.64. The number of nitrogens with zero attached hydrogens (tertiary/aromatic N) is 2. The highest BCUT2D eigenvalue weighted by molar-refractivity contribution is 5.92. The Morgan fingerprint density at radius 1 is 1.43 bits per heavy atom. The first-order chi connectivity index (χ1) is 10.0. The Balaban J connectivity index is 2.20. The maximum Gasteiger partial charge on any atom is 0.339 e. The Morgan fingerprint density at radius 3 is 2.76 bits per heavy atom. The Morgan fingerprint density at radius 2 is 2.19 bits per heavy atom. The third-order valence-electron chi connectivity index (χ3n) is 2.77. The van der Waals surface area contributed by atoms with Gasteiger partial charge in [0.25, 0.3) is 5.89 Å². The zero-order chi connectivity index (χ0) is 15.4. The van der Waals surface area contributed by atoms with Crippen LogP contribution in [0.25, 0.3) is 0 Å². The van der Waals surface area contributed by atoms with Crippen molar-refractivity contribution in [1.29, 1.82) is 0 Å². The van der Waals surface area contributed by atoms with Crippen molar-refractivity contribution in [2.45, 2.75) is 26.4 Å². The standard InChI is InChI=1S/C14H16N2O5/c1-8(2)13-15-11(21-16-13)7-20-12-9(14(17)18)5-4-6-10(12)19-3/h4-6,8H,7H2,1-3H3,(H,17,18). The molecule has 1 heterocycles. The fourth-order valence-corrected chi connectivity index (χ4v) is 1.69. The molecule has 0 fully saturated rings. The number of benzene rings is 1. The fraction of sp³-hybridized carbons (Fsp3) is 0.357. The van der Waals surface area contributed by atoms with Gasteiger partial charge in [-0.3, -0.25) is 0 Å². The smallest absolute Gasteiger partial charge is 0.339 e. The average Bonchev–Trinajstić information content (AvgIpc) is 2.93. The number of carbonyl (C=O) groups is 1. The van der Waals surface area contributed by atoms with Crippen LogP contribution < -0.4 is 9.47 Å². The highest BCUT2D eigenvalue weighted by atomic mass is 16.5. The molecule has 0 bridgehead atoms. The number of hydrogen-bond donors (Lipinski definition) is 1. The van der Waals surface area contributed by atoms with Gasteiger partial charge in [-0.05, 0) is 12.1 Å². The first kappa shape index (κ1) is 14.8. The van der Waals surface area contributed by atoms with Gasteiger partial charge in [0.15, 0.2) is 23.9 Å². The van der Waals surface area contributed by atoms with Gasteiger partial charge in [-0.25, -0.2) is 4.79 Å². The highest BCUT2D eigenvalue weighted by Crippen LogP contribution is 2.31. The molecule has 0 aliphatic rings. The molecule has 7 nitrogen and oxygen atoms in total. The number of carboxylic acid groups (broad SMARTS) is 1. The van der Waals surface area contributed by atoms with Crippen LogP contribution >= 0.6 is 0 Å². The normalized spacial score (nSPS) is 10.7. The summed E-state index contributed by atoms with van der Waals surface area (Å²) in [4.78, 5) is 15.4. The summed E-state index contributed by atoms with van der Waals surface area (Å²) in [5.41, 5.74) is 0.0120. The van der Waals surface area contributed by atoms with Crippen molar-refractivity contribution in [1.82, 2.24) is 10.1 Å². The van der Waals surface area contributed by atoms with E-state index >= 15 is 0 Å². The zero-order valence-electron chi connectivity index (χ0n) is 12.0. The Hall–Kier alpha value is -2.57. The van der Waals surface area contributed by atoms with E-state index in [2.05, 4.69) is 10.1 Å². The van der Waals surface area contributed by atoms with Crippen molar-refractivity contribution in [2.75, 3.05) is 7.11 Å². The lowest BCUT2D eigenvalue weighted by molar-refractivity contribution is 0.0690. The van der Waals surface area contributed by atoms with Gasteiger partial charge >= 0.3 is 5.97 Å². The molecule has 2 aromatic rings. The molecule has 21 heavy (non-hydrogen) atoms. The topological polar surface area (TPSA) is 94.7 Å². The molecule has 0 atom stereocenters. The molecule has 0 saturated heterocycles. The van der Waals surface area contributed by atoms with Crippen molar-refractivity contribution >= 4 is 5.97 Å². The number of aromatic carboxylic acids is 1. The van der Waals surface area contributed by atoms with Crippen LogP contribution in [-0.2, 0) is 6.61 Å². The van der Waals surface area contributed by atoms with Gasteiger partial charge in [-0.1, -0.05) is 25.1 Å². The summed E-state index contributed by atoms with van der Waals surface area (Å²) in [5.74, 6) is 0.365. The molecule has 0 aliphatic heterocycles. The minimum Gasteiger partial charge on any atom is -0.493 e. The van der Waals surface area contributed by atoms with Gasteiger partial charge in [-0.15, -0.1) is 0 Å². The molecule has 7 heteroatoms. The molecule has 0 spiro atoms. The minimum absolute atomic E-state index is 0.0120. The summed E-state index contributed by atoms with van der Waals surface area (Å²) >= 11 is 0. The third kappa shape index (κ3) is 3.31. The average molecular weight is 292 g/mol. The number of aromatic nitrogens is 2. The molecule has 2 rings (SSSR count). The predicted octanol–water partition coefficient (Wildman–Crippen LogP) is 2.48. The van der Waals surface area contributed by atoms with Gasteiger partial charge in [0.05, 0.1) is 7.11 Å². The summed E-state index contributed by atoms with van der Waals surface area (Å²) in [5, 5.41) is 13.0. The molecule has 1 aromatic heterocycles. The summed E-state index contributed by atoms with van der Waals surface area (Å²) in [6.07, 6.45) is 0. The van der Waals surface area contributed by atoms with Crippen LogP contribution in [0.4, 0.5) is 0 Å². The fourth-order valence-electron chi connectivity index (χ4n) is 1.69. The number of para-hydroxylation sites is 1. The van der Waals surface area contributed by atoms with Gasteiger partial charge < -0.3 is 19.1 Å². The molecular formula is C14H16N2O5. The second-order valence-corrected chi connectivity index (χ2v) is 4.63. The van der Waals surface area contributed by atoms with Crippen LogP contribution in [0.1, 0.15) is 41.8 Å². The largest absolute Gasteiger partial charge is 0.493 e. The third-order valence-corrected chi connectivity index (χ3v) is 2.77. The van der Waals surface area contributed by atoms with Gasteiger partial charge in [0, 0.05) is 5.92 Å². The van der Waals surface area contributed by atoms with Crippen LogP contribution in [0.2, 0.25) is 0 Å². The van der Waals surface area contributed by atoms with E-state index in [0.29, 0.717) is 11.6 Å². The van der Waals surface area contributed by atoms with Crippen molar-refractivity contribution in [3.8, 4) is 11.5 Å². The van der Waals surface area contributed by atoms with Gasteiger partial charge in [-0.2, -0.15) is 4.98 Å². The van der Waals surface area contributed by atoms with Crippen LogP contribution in [0.5, 0.6) is 11.5 Å². The Bertz CT molecular complexity index is 636. The minimum atomic E-state index is -1.10. The van der Waals surface area contributed by atoms with Crippen LogP contribution in [-0.4, -0.2) is 28.3 Å². The number of rotatable bonds is 6. The van der Waals surface area contributed by atoms with Crippen LogP contribution in [0, 0.1) is 0 Å². The molecule has 0 radical (unpaired) electrons. The van der Waals surface area contributed by atoms with E-state index in [1.165, 1.54) is 13.2 Å². The van der Waals surface area contributed by atoms with Crippen molar-refractivity contribution in [3.63, 3.8) is 0 Å². The maximum absolute atomic E-state index is 11.2. The Labute approximate surface area is 121 Å². The molecule has 0 saturated carbocycles. The van der Waals surface area contributed by atoms with Crippen molar-refractivity contribution in [3.05, 3.63) is 35.5 Å². The zero-order valence-corrected chi connectivity index (χ0v) is 12.0. The van der Waals surface area contributed by atoms with Crippen molar-refractivity contribution < 1.29 is 23.9 Å². The lowest BCUT2D eigenvalue weighted by Gasteiger charge is -2.11. The number of ether oxygens (including phenoxy) is 2. The number of carboxylic acids is 1. The monoisotopic (exact) mass is 292 g/mol. The van der Waals surface area contributed by atoms with E-state index in [1.54, 1.807) is 12.1 Å². The maximum atomic E-state index is 11.2. The van der Waals surface area contributed by atoms with E-state index in [0.717, 1.165) is 0 Å². The quantitative estimate of drug-likeness (QED) is 0.873. The van der Waals surface area contributed by atoms with Gasteiger partial charge in [0.1, 0.15) is 5.56 Å².